The van der Waals surface area contributed by atoms with Gasteiger partial charge in [-0.2, -0.15) is 13.2 Å². The van der Waals surface area contributed by atoms with Gasteiger partial charge in [-0.1, -0.05) is 53.0 Å². The molecule has 3 aromatic rings. The van der Waals surface area contributed by atoms with E-state index in [4.69, 9.17) is 39.5 Å². The molecule has 4 rings (SSSR count). The maximum absolute atomic E-state index is 13.9. The van der Waals surface area contributed by atoms with Crippen molar-refractivity contribution in [3.8, 4) is 5.75 Å². The van der Waals surface area contributed by atoms with Crippen LogP contribution in [0, 0.1) is 0 Å². The van der Waals surface area contributed by atoms with Gasteiger partial charge in [0.15, 0.2) is 0 Å². The van der Waals surface area contributed by atoms with Crippen molar-refractivity contribution >= 4 is 74.3 Å². The maximum Gasteiger partial charge on any atom is 0.399 e. The molecule has 1 N–H and O–H groups in total. The predicted molar refractivity (Wildman–Crippen MR) is 159 cm³/mol. The zero-order valence-corrected chi connectivity index (χ0v) is 25.5. The van der Waals surface area contributed by atoms with Crippen molar-refractivity contribution in [2.24, 2.45) is 0 Å². The lowest BCUT2D eigenvalue weighted by molar-refractivity contribution is -0.139. The third kappa shape index (κ3) is 7.02. The molecule has 0 aromatic heterocycles. The number of amides is 2. The Morgan fingerprint density at radius 1 is 1.05 bits per heavy atom. The fourth-order valence-electron chi connectivity index (χ4n) is 4.24. The molecular weight excluding hydrogens is 668 g/mol. The molecule has 5 nitrogen and oxygen atoms in total. The number of likely N-dealkylation sites (N-methyl/N-ethyl adjacent to an activating group) is 1. The van der Waals surface area contributed by atoms with Gasteiger partial charge in [0.2, 0.25) is 0 Å². The molecule has 1 atom stereocenters. The van der Waals surface area contributed by atoms with Crippen LogP contribution < -0.4 is 15.0 Å². The van der Waals surface area contributed by atoms with Crippen molar-refractivity contribution in [1.82, 2.24) is 5.32 Å². The van der Waals surface area contributed by atoms with E-state index in [-0.39, 0.29) is 32.1 Å². The number of hydrogen-bond donors (Lipinski definition) is 1. The Hall–Kier alpha value is -2.72. The highest BCUT2D eigenvalue weighted by molar-refractivity contribution is 9.10. The molecule has 0 bridgehead atoms. The fraction of sp³-hybridized carbons (Fsp3) is 0.241. The van der Waals surface area contributed by atoms with E-state index in [1.54, 1.807) is 38.4 Å². The molecule has 1 aliphatic carbocycles. The Morgan fingerprint density at radius 2 is 1.66 bits per heavy atom. The first-order valence-corrected chi connectivity index (χ1v) is 14.1. The average Bonchev–Trinajstić information content (AvgIpc) is 3.70. The van der Waals surface area contributed by atoms with Gasteiger partial charge in [-0.15, -0.1) is 0 Å². The minimum absolute atomic E-state index is 0.0261. The zero-order chi connectivity index (χ0) is 30.1. The standard InChI is InChI=1S/C29H23BrCl3F3N2O3/c1-38(18-5-7-19(41-2)8-6-18)27(40)28(11-12-28)37-26(39)20-9-3-16(13-22(20)30)4-10-21(29(34,35)36)17-14-23(31)25(33)24(32)15-17/h3-10,13-15,21H,11-12H2,1-2H3,(H,37,39)/b10-4+. The van der Waals surface area contributed by atoms with Gasteiger partial charge >= 0.3 is 6.18 Å². The number of ether oxygens (including phenoxy) is 1. The minimum atomic E-state index is -4.63. The van der Waals surface area contributed by atoms with Gasteiger partial charge in [0.1, 0.15) is 11.3 Å². The number of hydrogen-bond acceptors (Lipinski definition) is 3. The number of carbonyl (C=O) groups is 2. The van der Waals surface area contributed by atoms with Crippen LogP contribution >= 0.6 is 50.7 Å². The van der Waals surface area contributed by atoms with Gasteiger partial charge in [-0.3, -0.25) is 9.59 Å². The van der Waals surface area contributed by atoms with Crippen LogP contribution in [0.5, 0.6) is 5.75 Å². The number of nitrogens with zero attached hydrogens (tertiary/aromatic N) is 1. The van der Waals surface area contributed by atoms with Crippen LogP contribution in [-0.4, -0.2) is 37.7 Å². The van der Waals surface area contributed by atoms with E-state index in [1.165, 1.54) is 29.2 Å². The van der Waals surface area contributed by atoms with E-state index < -0.39 is 23.5 Å². The zero-order valence-electron chi connectivity index (χ0n) is 21.7. The summed E-state index contributed by atoms with van der Waals surface area (Å²) in [7, 11) is 3.18. The largest absolute Gasteiger partial charge is 0.497 e. The number of carbonyl (C=O) groups excluding carboxylic acids is 2. The summed E-state index contributed by atoms with van der Waals surface area (Å²) in [5, 5.41) is 2.64. The van der Waals surface area contributed by atoms with Crippen LogP contribution in [0.1, 0.15) is 40.2 Å². The molecular formula is C29H23BrCl3F3N2O3. The van der Waals surface area contributed by atoms with Gasteiger partial charge < -0.3 is 15.0 Å². The highest BCUT2D eigenvalue weighted by Crippen LogP contribution is 2.42. The highest BCUT2D eigenvalue weighted by Gasteiger charge is 2.53. The number of benzene rings is 3. The van der Waals surface area contributed by atoms with Gasteiger partial charge in [0.05, 0.1) is 33.7 Å². The van der Waals surface area contributed by atoms with Crippen molar-refractivity contribution in [3.63, 3.8) is 0 Å². The first kappa shape index (κ1) is 31.2. The van der Waals surface area contributed by atoms with E-state index in [0.29, 0.717) is 34.3 Å². The van der Waals surface area contributed by atoms with E-state index in [1.807, 2.05) is 0 Å². The Balaban J connectivity index is 1.49. The lowest BCUT2D eigenvalue weighted by Crippen LogP contribution is -2.49. The third-order valence-corrected chi connectivity index (χ3v) is 8.57. The summed E-state index contributed by atoms with van der Waals surface area (Å²) in [6.45, 7) is 0. The molecule has 0 spiro atoms. The molecule has 0 heterocycles. The van der Waals surface area contributed by atoms with E-state index in [0.717, 1.165) is 18.2 Å². The van der Waals surface area contributed by atoms with Gasteiger partial charge in [-0.25, -0.2) is 0 Å². The smallest absolute Gasteiger partial charge is 0.399 e. The molecule has 2 amide bonds. The molecule has 0 radical (unpaired) electrons. The molecule has 1 aliphatic rings. The first-order chi connectivity index (χ1) is 19.3. The van der Waals surface area contributed by atoms with Crippen LogP contribution in [0.15, 0.2) is 65.1 Å². The van der Waals surface area contributed by atoms with Gasteiger partial charge in [0, 0.05) is 17.2 Å². The number of methoxy groups -OCH3 is 1. The number of allylic oxidation sites excluding steroid dienone is 1. The molecule has 3 aromatic carbocycles. The summed E-state index contributed by atoms with van der Waals surface area (Å²) in [6, 6.07) is 13.7. The van der Waals surface area contributed by atoms with Crippen molar-refractivity contribution in [1.29, 1.82) is 0 Å². The van der Waals surface area contributed by atoms with Crippen molar-refractivity contribution in [2.75, 3.05) is 19.1 Å². The van der Waals surface area contributed by atoms with Crippen molar-refractivity contribution < 1.29 is 27.5 Å². The normalized spacial score (nSPS) is 15.0. The van der Waals surface area contributed by atoms with E-state index >= 15 is 0 Å². The molecule has 216 valence electrons. The topological polar surface area (TPSA) is 58.6 Å². The maximum atomic E-state index is 13.9. The molecule has 1 unspecified atom stereocenters. The SMILES string of the molecule is COc1ccc(N(C)C(=O)C2(NC(=O)c3ccc(/C=C/C(c4cc(Cl)c(Cl)c(Cl)c4)C(F)(F)F)cc3Br)CC2)cc1. The van der Waals surface area contributed by atoms with E-state index in [9.17, 15) is 22.8 Å². The van der Waals surface area contributed by atoms with Crippen LogP contribution in [-0.2, 0) is 4.79 Å². The van der Waals surface area contributed by atoms with Crippen LogP contribution in [0.4, 0.5) is 18.9 Å². The highest BCUT2D eigenvalue weighted by atomic mass is 79.9. The summed E-state index contributed by atoms with van der Waals surface area (Å²) in [6.07, 6.45) is -1.40. The monoisotopic (exact) mass is 688 g/mol. The summed E-state index contributed by atoms with van der Waals surface area (Å²) in [5.74, 6) is -2.09. The number of rotatable bonds is 8. The van der Waals surface area contributed by atoms with Crippen molar-refractivity contribution in [2.45, 2.75) is 30.5 Å². The first-order valence-electron chi connectivity index (χ1n) is 12.2. The second-order valence-electron chi connectivity index (χ2n) is 9.51. The van der Waals surface area contributed by atoms with Crippen LogP contribution in [0.3, 0.4) is 0 Å². The number of nitrogens with one attached hydrogen (secondary N) is 1. The Kier molecular flexibility index (Phi) is 9.33. The Bertz CT molecular complexity index is 1490. The molecule has 0 saturated heterocycles. The Labute approximate surface area is 258 Å². The Morgan fingerprint density at radius 3 is 2.17 bits per heavy atom. The van der Waals surface area contributed by atoms with Crippen LogP contribution in [0.25, 0.3) is 6.08 Å². The molecule has 41 heavy (non-hydrogen) atoms. The number of alkyl halides is 3. The lowest BCUT2D eigenvalue weighted by Gasteiger charge is -2.25. The van der Waals surface area contributed by atoms with Crippen molar-refractivity contribution in [3.05, 3.63) is 96.9 Å². The second-order valence-corrected chi connectivity index (χ2v) is 11.6. The average molecular weight is 691 g/mol. The minimum Gasteiger partial charge on any atom is -0.497 e. The summed E-state index contributed by atoms with van der Waals surface area (Å²) < 4.78 is 47.1. The van der Waals surface area contributed by atoms with E-state index in [2.05, 4.69) is 21.2 Å². The number of anilines is 1. The predicted octanol–water partition coefficient (Wildman–Crippen LogP) is 8.70. The third-order valence-electron chi connectivity index (χ3n) is 6.71. The van der Waals surface area contributed by atoms with Gasteiger partial charge in [-0.05, 0) is 88.4 Å². The lowest BCUT2D eigenvalue weighted by atomic mass is 9.97. The molecule has 1 fully saturated rings. The molecule has 12 heteroatoms. The summed E-state index contributed by atoms with van der Waals surface area (Å²) in [5.41, 5.74) is 0.0867. The van der Waals surface area contributed by atoms with Gasteiger partial charge in [0.25, 0.3) is 11.8 Å². The molecule has 0 aliphatic heterocycles. The second kappa shape index (κ2) is 12.3. The summed E-state index contributed by atoms with van der Waals surface area (Å²) >= 11 is 21.1. The van der Waals surface area contributed by atoms with Crippen LogP contribution in [0.2, 0.25) is 15.1 Å². The number of halogens is 7. The fourth-order valence-corrected chi connectivity index (χ4v) is 5.43. The summed E-state index contributed by atoms with van der Waals surface area (Å²) in [4.78, 5) is 27.8. The molecule has 1 saturated carbocycles. The quantitative estimate of drug-likeness (QED) is 0.241.